The summed E-state index contributed by atoms with van der Waals surface area (Å²) >= 11 is 5.94. The lowest BCUT2D eigenvalue weighted by molar-refractivity contribution is -0.138. The van der Waals surface area contributed by atoms with Crippen molar-refractivity contribution in [2.75, 3.05) is 37.6 Å². The van der Waals surface area contributed by atoms with Crippen molar-refractivity contribution in [1.82, 2.24) is 19.8 Å². The first-order chi connectivity index (χ1) is 16.2. The van der Waals surface area contributed by atoms with Gasteiger partial charge in [0.25, 0.3) is 0 Å². The molecule has 0 N–H and O–H groups in total. The van der Waals surface area contributed by atoms with Gasteiger partial charge in [0.05, 0.1) is 5.56 Å². The number of alkyl halides is 3. The maximum absolute atomic E-state index is 12.8. The van der Waals surface area contributed by atoms with Crippen molar-refractivity contribution >= 4 is 23.6 Å². The standard InChI is InChI=1S/C23H27ClF3N5O2/c1-16-14-31(21-28-12-18(13-29-21)23(25,26)27)10-11-32(16)22(33)34-20-6-8-30(9-7-20)15-17-2-4-19(24)5-3-17/h2-5,12-13,16,20H,6-11,14-15H2,1H3/t16-/m1/s1. The monoisotopic (exact) mass is 497 g/mol. The van der Waals surface area contributed by atoms with Gasteiger partial charge in [0.1, 0.15) is 6.10 Å². The Bertz CT molecular complexity index is 966. The summed E-state index contributed by atoms with van der Waals surface area (Å²) in [5.74, 6) is 0.223. The average Bonchev–Trinajstić information content (AvgIpc) is 2.81. The van der Waals surface area contributed by atoms with Gasteiger partial charge in [0, 0.05) is 62.7 Å². The van der Waals surface area contributed by atoms with Gasteiger partial charge in [-0.25, -0.2) is 14.8 Å². The summed E-state index contributed by atoms with van der Waals surface area (Å²) in [5, 5.41) is 0.719. The van der Waals surface area contributed by atoms with Crippen LogP contribution >= 0.6 is 11.6 Å². The van der Waals surface area contributed by atoms with Crippen molar-refractivity contribution in [1.29, 1.82) is 0 Å². The first kappa shape index (κ1) is 24.5. The van der Waals surface area contributed by atoms with Gasteiger partial charge in [-0.3, -0.25) is 4.90 Å². The molecular weight excluding hydrogens is 471 g/mol. The van der Waals surface area contributed by atoms with E-state index >= 15 is 0 Å². The summed E-state index contributed by atoms with van der Waals surface area (Å²) in [6.07, 6.45) is -1.84. The number of amides is 1. The van der Waals surface area contributed by atoms with Crippen LogP contribution in [-0.4, -0.2) is 70.7 Å². The molecule has 0 saturated carbocycles. The van der Waals surface area contributed by atoms with Gasteiger partial charge < -0.3 is 14.5 Å². The molecule has 3 heterocycles. The predicted molar refractivity (Wildman–Crippen MR) is 122 cm³/mol. The highest BCUT2D eigenvalue weighted by molar-refractivity contribution is 6.30. The minimum absolute atomic E-state index is 0.127. The molecule has 2 fully saturated rings. The molecule has 1 aromatic heterocycles. The van der Waals surface area contributed by atoms with Crippen LogP contribution < -0.4 is 4.90 Å². The number of aromatic nitrogens is 2. The first-order valence-electron chi connectivity index (χ1n) is 11.3. The molecule has 1 amide bonds. The van der Waals surface area contributed by atoms with Crippen LogP contribution in [0.3, 0.4) is 0 Å². The smallest absolute Gasteiger partial charge is 0.419 e. The fourth-order valence-electron chi connectivity index (χ4n) is 4.28. The van der Waals surface area contributed by atoms with Gasteiger partial charge in [-0.05, 0) is 37.5 Å². The third-order valence-electron chi connectivity index (χ3n) is 6.23. The van der Waals surface area contributed by atoms with E-state index in [-0.39, 0.29) is 24.2 Å². The Morgan fingerprint density at radius 3 is 2.32 bits per heavy atom. The molecule has 184 valence electrons. The lowest BCUT2D eigenvalue weighted by atomic mass is 10.1. The second-order valence-electron chi connectivity index (χ2n) is 8.74. The number of anilines is 1. The molecule has 2 aliphatic heterocycles. The van der Waals surface area contributed by atoms with E-state index in [2.05, 4.69) is 14.9 Å². The Labute approximate surface area is 201 Å². The Kier molecular flexibility index (Phi) is 7.47. The fraction of sp³-hybridized carbons (Fsp3) is 0.522. The van der Waals surface area contributed by atoms with Crippen LogP contribution in [0.1, 0.15) is 30.9 Å². The van der Waals surface area contributed by atoms with Gasteiger partial charge in [0.2, 0.25) is 5.95 Å². The molecule has 0 radical (unpaired) electrons. The zero-order chi connectivity index (χ0) is 24.3. The lowest BCUT2D eigenvalue weighted by Gasteiger charge is -2.40. The molecule has 1 aromatic carbocycles. The molecule has 2 saturated heterocycles. The highest BCUT2D eigenvalue weighted by Gasteiger charge is 2.34. The van der Waals surface area contributed by atoms with Crippen LogP contribution in [0.2, 0.25) is 5.02 Å². The van der Waals surface area contributed by atoms with E-state index in [0.29, 0.717) is 19.6 Å². The number of likely N-dealkylation sites (tertiary alicyclic amines) is 1. The van der Waals surface area contributed by atoms with Gasteiger partial charge in [-0.2, -0.15) is 13.2 Å². The number of piperidine rings is 1. The normalized spacial score (nSPS) is 20.4. The van der Waals surface area contributed by atoms with E-state index in [0.717, 1.165) is 49.9 Å². The van der Waals surface area contributed by atoms with Crippen LogP contribution in [0.15, 0.2) is 36.7 Å². The number of carbonyl (C=O) groups excluding carboxylic acids is 1. The zero-order valence-electron chi connectivity index (χ0n) is 18.8. The molecule has 0 aliphatic carbocycles. The van der Waals surface area contributed by atoms with Crippen LogP contribution in [0, 0.1) is 0 Å². The SMILES string of the molecule is C[C@@H]1CN(c2ncc(C(F)(F)F)cn2)CCN1C(=O)OC1CCN(Cc2ccc(Cl)cc2)CC1. The second-order valence-corrected chi connectivity index (χ2v) is 9.18. The predicted octanol–water partition coefficient (Wildman–Crippen LogP) is 4.46. The van der Waals surface area contributed by atoms with Crippen molar-refractivity contribution in [2.45, 2.75) is 44.6 Å². The molecule has 34 heavy (non-hydrogen) atoms. The molecule has 2 aliphatic rings. The molecular formula is C23H27ClF3N5O2. The average molecular weight is 498 g/mol. The maximum Gasteiger partial charge on any atom is 0.419 e. The highest BCUT2D eigenvalue weighted by Crippen LogP contribution is 2.29. The Morgan fingerprint density at radius 2 is 1.74 bits per heavy atom. The van der Waals surface area contributed by atoms with Gasteiger partial charge in [-0.15, -0.1) is 0 Å². The van der Waals surface area contributed by atoms with Crippen molar-refractivity contribution in [3.8, 4) is 0 Å². The van der Waals surface area contributed by atoms with Crippen LogP contribution in [-0.2, 0) is 17.5 Å². The van der Waals surface area contributed by atoms with Crippen LogP contribution in [0.5, 0.6) is 0 Å². The summed E-state index contributed by atoms with van der Waals surface area (Å²) in [6, 6.07) is 7.62. The summed E-state index contributed by atoms with van der Waals surface area (Å²) < 4.78 is 44.0. The molecule has 0 unspecified atom stereocenters. The van der Waals surface area contributed by atoms with Crippen molar-refractivity contribution in [2.24, 2.45) is 0 Å². The minimum Gasteiger partial charge on any atom is -0.446 e. The molecule has 0 spiro atoms. The summed E-state index contributed by atoms with van der Waals surface area (Å²) in [5.41, 5.74) is 0.314. The lowest BCUT2D eigenvalue weighted by Crippen LogP contribution is -2.55. The summed E-state index contributed by atoms with van der Waals surface area (Å²) in [4.78, 5) is 26.3. The third kappa shape index (κ3) is 6.09. The van der Waals surface area contributed by atoms with Gasteiger partial charge in [-0.1, -0.05) is 23.7 Å². The van der Waals surface area contributed by atoms with Crippen LogP contribution in [0.25, 0.3) is 0 Å². The molecule has 7 nitrogen and oxygen atoms in total. The fourth-order valence-corrected chi connectivity index (χ4v) is 4.41. The quantitative estimate of drug-likeness (QED) is 0.621. The Hall–Kier alpha value is -2.59. The first-order valence-corrected chi connectivity index (χ1v) is 11.6. The van der Waals surface area contributed by atoms with Crippen molar-refractivity contribution in [3.63, 3.8) is 0 Å². The molecule has 2 aromatic rings. The second kappa shape index (κ2) is 10.4. The highest BCUT2D eigenvalue weighted by atomic mass is 35.5. The minimum atomic E-state index is -4.47. The third-order valence-corrected chi connectivity index (χ3v) is 6.48. The van der Waals surface area contributed by atoms with E-state index < -0.39 is 11.7 Å². The molecule has 4 rings (SSSR count). The summed E-state index contributed by atoms with van der Waals surface area (Å²) in [6.45, 7) is 5.63. The van der Waals surface area contributed by atoms with E-state index in [1.54, 1.807) is 9.80 Å². The number of ether oxygens (including phenoxy) is 1. The Balaban J connectivity index is 1.23. The number of nitrogens with zero attached hydrogens (tertiary/aromatic N) is 5. The molecule has 11 heteroatoms. The van der Waals surface area contributed by atoms with E-state index in [4.69, 9.17) is 16.3 Å². The number of hydrogen-bond donors (Lipinski definition) is 0. The Morgan fingerprint density at radius 1 is 1.09 bits per heavy atom. The van der Waals surface area contributed by atoms with E-state index in [1.807, 2.05) is 31.2 Å². The molecule has 0 bridgehead atoms. The number of rotatable bonds is 4. The summed E-state index contributed by atoms with van der Waals surface area (Å²) in [7, 11) is 0. The van der Waals surface area contributed by atoms with Gasteiger partial charge in [0.15, 0.2) is 0 Å². The van der Waals surface area contributed by atoms with Crippen LogP contribution in [0.4, 0.5) is 23.9 Å². The number of carbonyl (C=O) groups is 1. The van der Waals surface area contributed by atoms with Gasteiger partial charge >= 0.3 is 12.3 Å². The maximum atomic E-state index is 12.8. The molecule has 1 atom stereocenters. The topological polar surface area (TPSA) is 61.8 Å². The van der Waals surface area contributed by atoms with E-state index in [1.165, 1.54) is 5.56 Å². The number of hydrogen-bond acceptors (Lipinski definition) is 6. The number of benzene rings is 1. The zero-order valence-corrected chi connectivity index (χ0v) is 19.6. The van der Waals surface area contributed by atoms with E-state index in [9.17, 15) is 18.0 Å². The van der Waals surface area contributed by atoms with Crippen molar-refractivity contribution < 1.29 is 22.7 Å². The number of halogens is 4. The van der Waals surface area contributed by atoms with Crippen molar-refractivity contribution in [3.05, 3.63) is 52.8 Å². The number of piperazine rings is 1. The largest absolute Gasteiger partial charge is 0.446 e.